The number of urea groups is 1. The summed E-state index contributed by atoms with van der Waals surface area (Å²) in [4.78, 5) is 37.9. The Kier molecular flexibility index (Phi) is 5.55. The first kappa shape index (κ1) is 19.6. The fourth-order valence-corrected chi connectivity index (χ4v) is 2.65. The van der Waals surface area contributed by atoms with Gasteiger partial charge in [0.15, 0.2) is 18.1 Å². The zero-order chi connectivity index (χ0) is 21.0. The molecule has 0 bridgehead atoms. The molecule has 0 aromatic heterocycles. The smallest absolute Gasteiger partial charge is 0.335 e. The van der Waals surface area contributed by atoms with Crippen molar-refractivity contribution >= 4 is 29.6 Å². The number of nitriles is 1. The quantitative estimate of drug-likeness (QED) is 0.615. The van der Waals surface area contributed by atoms with E-state index in [2.05, 4.69) is 5.32 Å². The Balaban J connectivity index is 1.96. The van der Waals surface area contributed by atoms with Gasteiger partial charge < -0.3 is 9.47 Å². The molecule has 0 spiro atoms. The molecule has 0 radical (unpaired) electrons. The monoisotopic (exact) mass is 395 g/mol. The van der Waals surface area contributed by atoms with Crippen molar-refractivity contribution in [1.82, 2.24) is 5.32 Å². The summed E-state index contributed by atoms with van der Waals surface area (Å²) in [6.07, 6.45) is 1.29. The Hall–Kier alpha value is -4.19. The highest BCUT2D eigenvalue weighted by atomic mass is 19.1. The molecule has 2 aromatic rings. The van der Waals surface area contributed by atoms with Crippen LogP contribution in [0.3, 0.4) is 0 Å². The van der Waals surface area contributed by atoms with Crippen molar-refractivity contribution < 1.29 is 28.2 Å². The highest BCUT2D eigenvalue weighted by Crippen LogP contribution is 2.29. The molecule has 1 aliphatic heterocycles. The van der Waals surface area contributed by atoms with Crippen LogP contribution in [0, 0.1) is 17.1 Å². The maximum Gasteiger partial charge on any atom is 0.335 e. The van der Waals surface area contributed by atoms with E-state index in [4.69, 9.17) is 14.7 Å². The number of hydrogen-bond acceptors (Lipinski definition) is 6. The van der Waals surface area contributed by atoms with E-state index in [1.165, 1.54) is 37.5 Å². The van der Waals surface area contributed by atoms with Gasteiger partial charge in [0.05, 0.1) is 12.8 Å². The predicted octanol–water partition coefficient (Wildman–Crippen LogP) is 2.40. The number of hydrogen-bond donors (Lipinski definition) is 1. The normalized spacial score (nSPS) is 15.1. The Labute approximate surface area is 164 Å². The topological polar surface area (TPSA) is 109 Å². The number of benzene rings is 2. The lowest BCUT2D eigenvalue weighted by molar-refractivity contribution is -0.122. The van der Waals surface area contributed by atoms with E-state index < -0.39 is 23.7 Å². The van der Waals surface area contributed by atoms with Crippen LogP contribution in [0.1, 0.15) is 5.56 Å². The summed E-state index contributed by atoms with van der Waals surface area (Å²) in [5.74, 6) is -1.63. The van der Waals surface area contributed by atoms with Crippen molar-refractivity contribution in [2.24, 2.45) is 0 Å². The second-order valence-electron chi connectivity index (χ2n) is 5.79. The van der Waals surface area contributed by atoms with E-state index in [0.29, 0.717) is 17.1 Å². The van der Waals surface area contributed by atoms with E-state index in [1.807, 2.05) is 6.07 Å². The molecule has 0 aliphatic carbocycles. The Morgan fingerprint density at radius 3 is 2.52 bits per heavy atom. The van der Waals surface area contributed by atoms with Crippen LogP contribution in [-0.2, 0) is 9.59 Å². The first-order valence-electron chi connectivity index (χ1n) is 8.29. The number of imide groups is 2. The molecule has 3 rings (SSSR count). The van der Waals surface area contributed by atoms with Crippen LogP contribution in [0.2, 0.25) is 0 Å². The average Bonchev–Trinajstić information content (AvgIpc) is 2.71. The highest BCUT2D eigenvalue weighted by molar-refractivity contribution is 6.39. The van der Waals surface area contributed by atoms with Crippen LogP contribution in [0.15, 0.2) is 48.0 Å². The van der Waals surface area contributed by atoms with Crippen molar-refractivity contribution in [3.63, 3.8) is 0 Å². The number of methoxy groups -OCH3 is 1. The SMILES string of the molecule is COc1cc(/C=C2/C(=O)NC(=O)N(c3ccc(F)cc3)C2=O)ccc1OCC#N. The van der Waals surface area contributed by atoms with E-state index in [9.17, 15) is 18.8 Å². The van der Waals surface area contributed by atoms with Crippen molar-refractivity contribution in [3.05, 3.63) is 59.4 Å². The zero-order valence-corrected chi connectivity index (χ0v) is 15.1. The second-order valence-corrected chi connectivity index (χ2v) is 5.79. The van der Waals surface area contributed by atoms with Gasteiger partial charge in [0.2, 0.25) is 0 Å². The van der Waals surface area contributed by atoms with Crippen LogP contribution in [0.5, 0.6) is 11.5 Å². The number of nitrogens with zero attached hydrogens (tertiary/aromatic N) is 2. The number of anilines is 1. The third-order valence-electron chi connectivity index (χ3n) is 3.98. The summed E-state index contributed by atoms with van der Waals surface area (Å²) >= 11 is 0. The van der Waals surface area contributed by atoms with Crippen molar-refractivity contribution in [2.45, 2.75) is 0 Å². The lowest BCUT2D eigenvalue weighted by Crippen LogP contribution is -2.54. The van der Waals surface area contributed by atoms with Gasteiger partial charge in [-0.3, -0.25) is 14.9 Å². The van der Waals surface area contributed by atoms with Gasteiger partial charge in [-0.15, -0.1) is 0 Å². The van der Waals surface area contributed by atoms with Gasteiger partial charge in [0, 0.05) is 0 Å². The van der Waals surface area contributed by atoms with Crippen molar-refractivity contribution in [2.75, 3.05) is 18.6 Å². The van der Waals surface area contributed by atoms with Gasteiger partial charge in [-0.05, 0) is 48.0 Å². The number of halogens is 1. The Morgan fingerprint density at radius 1 is 1.14 bits per heavy atom. The van der Waals surface area contributed by atoms with Gasteiger partial charge in [-0.2, -0.15) is 5.26 Å². The fraction of sp³-hybridized carbons (Fsp3) is 0.100. The molecule has 0 atom stereocenters. The maximum atomic E-state index is 13.1. The minimum absolute atomic E-state index is 0.116. The van der Waals surface area contributed by atoms with Gasteiger partial charge >= 0.3 is 6.03 Å². The molecule has 1 saturated heterocycles. The summed E-state index contributed by atoms with van der Waals surface area (Å²) in [6, 6.07) is 10.2. The largest absolute Gasteiger partial charge is 0.493 e. The van der Waals surface area contributed by atoms with Crippen LogP contribution in [0.25, 0.3) is 6.08 Å². The Bertz CT molecular complexity index is 1060. The number of barbiturate groups is 1. The summed E-state index contributed by atoms with van der Waals surface area (Å²) < 4.78 is 23.6. The van der Waals surface area contributed by atoms with E-state index >= 15 is 0 Å². The molecule has 4 amide bonds. The zero-order valence-electron chi connectivity index (χ0n) is 15.1. The molecule has 1 fully saturated rings. The summed E-state index contributed by atoms with van der Waals surface area (Å²) in [5.41, 5.74) is 0.255. The van der Waals surface area contributed by atoms with Crippen molar-refractivity contribution in [1.29, 1.82) is 5.26 Å². The first-order valence-corrected chi connectivity index (χ1v) is 8.29. The number of carbonyl (C=O) groups is 3. The molecule has 8 nitrogen and oxygen atoms in total. The molecule has 29 heavy (non-hydrogen) atoms. The molecule has 0 saturated carbocycles. The van der Waals surface area contributed by atoms with Gasteiger partial charge in [-0.25, -0.2) is 14.1 Å². The number of carbonyl (C=O) groups excluding carboxylic acids is 3. The molecule has 1 aliphatic rings. The third-order valence-corrected chi connectivity index (χ3v) is 3.98. The van der Waals surface area contributed by atoms with Gasteiger partial charge in [-0.1, -0.05) is 6.07 Å². The molecule has 2 aromatic carbocycles. The molecule has 146 valence electrons. The maximum absolute atomic E-state index is 13.1. The third kappa shape index (κ3) is 4.06. The van der Waals surface area contributed by atoms with E-state index in [-0.39, 0.29) is 17.9 Å². The van der Waals surface area contributed by atoms with E-state index in [1.54, 1.807) is 6.07 Å². The average molecular weight is 395 g/mol. The summed E-state index contributed by atoms with van der Waals surface area (Å²) in [6.45, 7) is -0.174. The highest BCUT2D eigenvalue weighted by Gasteiger charge is 2.36. The lowest BCUT2D eigenvalue weighted by atomic mass is 10.1. The van der Waals surface area contributed by atoms with Crippen LogP contribution < -0.4 is 19.7 Å². The summed E-state index contributed by atoms with van der Waals surface area (Å²) in [5, 5.41) is 10.7. The molecular formula is C20H14FN3O5. The molecule has 1 N–H and O–H groups in total. The Morgan fingerprint density at radius 2 is 1.86 bits per heavy atom. The standard InChI is InChI=1S/C20H14FN3O5/c1-28-17-11-12(2-7-16(17)29-9-8-22)10-15-18(25)23-20(27)24(19(15)26)14-5-3-13(21)4-6-14/h2-7,10-11H,9H2,1H3,(H,23,25,27)/b15-10-. The lowest BCUT2D eigenvalue weighted by Gasteiger charge is -2.26. The van der Waals surface area contributed by atoms with E-state index in [0.717, 1.165) is 17.0 Å². The fourth-order valence-electron chi connectivity index (χ4n) is 2.65. The number of nitrogens with one attached hydrogen (secondary N) is 1. The summed E-state index contributed by atoms with van der Waals surface area (Å²) in [7, 11) is 1.40. The van der Waals surface area contributed by atoms with Crippen LogP contribution in [-0.4, -0.2) is 31.6 Å². The molecule has 1 heterocycles. The van der Waals surface area contributed by atoms with Crippen LogP contribution in [0.4, 0.5) is 14.9 Å². The molecule has 9 heteroatoms. The number of amides is 4. The number of rotatable bonds is 5. The first-order chi connectivity index (χ1) is 13.9. The molecule has 0 unspecified atom stereocenters. The second kappa shape index (κ2) is 8.22. The number of ether oxygens (including phenoxy) is 2. The predicted molar refractivity (Wildman–Crippen MR) is 99.5 cm³/mol. The van der Waals surface area contributed by atoms with Gasteiger partial charge in [0.1, 0.15) is 17.5 Å². The van der Waals surface area contributed by atoms with Gasteiger partial charge in [0.25, 0.3) is 11.8 Å². The van der Waals surface area contributed by atoms with Crippen LogP contribution >= 0.6 is 0 Å². The minimum Gasteiger partial charge on any atom is -0.493 e. The molecular weight excluding hydrogens is 381 g/mol. The minimum atomic E-state index is -0.929. The van der Waals surface area contributed by atoms with Crippen molar-refractivity contribution in [3.8, 4) is 17.6 Å².